The molecular weight excluding hydrogens is 316 g/mol. The Morgan fingerprint density at radius 1 is 1.20 bits per heavy atom. The summed E-state index contributed by atoms with van der Waals surface area (Å²) in [4.78, 5) is 15.5. The lowest BCUT2D eigenvalue weighted by Gasteiger charge is -2.46. The van der Waals surface area contributed by atoms with Crippen LogP contribution < -0.4 is 4.74 Å². The molecule has 1 aromatic carbocycles. The Morgan fingerprint density at radius 2 is 1.92 bits per heavy atom. The van der Waals surface area contributed by atoms with E-state index >= 15 is 0 Å². The number of carbonyl (C=O) groups excluding carboxylic acids is 1. The molecule has 132 valence electrons. The molecule has 2 bridgehead atoms. The molecular formula is C20H24N2O3. The highest BCUT2D eigenvalue weighted by Crippen LogP contribution is 2.47. The van der Waals surface area contributed by atoms with Crippen LogP contribution >= 0.6 is 0 Å². The van der Waals surface area contributed by atoms with Crippen LogP contribution in [0.4, 0.5) is 0 Å². The Morgan fingerprint density at radius 3 is 2.60 bits per heavy atom. The topological polar surface area (TPSA) is 43.7 Å². The molecule has 1 spiro atoms. The zero-order valence-electron chi connectivity index (χ0n) is 15.0. The molecule has 1 aromatic heterocycles. The lowest BCUT2D eigenvalue weighted by Crippen LogP contribution is -2.54. The minimum absolute atomic E-state index is 0.163. The summed E-state index contributed by atoms with van der Waals surface area (Å²) in [6.07, 6.45) is 5.17. The van der Waals surface area contributed by atoms with Gasteiger partial charge in [-0.25, -0.2) is 4.79 Å². The molecule has 0 aliphatic carbocycles. The van der Waals surface area contributed by atoms with Crippen LogP contribution in [-0.4, -0.2) is 47.3 Å². The first-order valence-electron chi connectivity index (χ1n) is 9.12. The average Bonchev–Trinajstić information content (AvgIpc) is 2.98. The first-order chi connectivity index (χ1) is 12.0. The minimum atomic E-state index is -0.325. The number of esters is 1. The van der Waals surface area contributed by atoms with Crippen molar-refractivity contribution >= 4 is 16.9 Å². The third-order valence-electron chi connectivity index (χ3n) is 6.73. The molecule has 2 saturated heterocycles. The van der Waals surface area contributed by atoms with E-state index in [-0.39, 0.29) is 11.6 Å². The largest absolute Gasteiger partial charge is 0.497 e. The number of rotatable bonds is 1. The number of carbonyl (C=O) groups is 1. The van der Waals surface area contributed by atoms with E-state index in [0.717, 1.165) is 47.2 Å². The maximum atomic E-state index is 13.0. The van der Waals surface area contributed by atoms with Gasteiger partial charge in [-0.3, -0.25) is 0 Å². The summed E-state index contributed by atoms with van der Waals surface area (Å²) in [5, 5.41) is 0.938. The summed E-state index contributed by atoms with van der Waals surface area (Å²) in [6, 6.07) is 7.02. The van der Waals surface area contributed by atoms with E-state index in [4.69, 9.17) is 9.47 Å². The van der Waals surface area contributed by atoms with E-state index in [9.17, 15) is 4.79 Å². The fourth-order valence-electron chi connectivity index (χ4n) is 5.38. The van der Waals surface area contributed by atoms with Gasteiger partial charge in [0, 0.05) is 55.0 Å². The van der Waals surface area contributed by atoms with Gasteiger partial charge in [0.1, 0.15) is 11.4 Å². The van der Waals surface area contributed by atoms with E-state index in [1.807, 2.05) is 18.2 Å². The Kier molecular flexibility index (Phi) is 3.06. The number of methoxy groups -OCH3 is 1. The molecule has 25 heavy (non-hydrogen) atoms. The second-order valence-electron chi connectivity index (χ2n) is 7.97. The molecule has 0 saturated carbocycles. The van der Waals surface area contributed by atoms with E-state index in [2.05, 4.69) is 23.6 Å². The van der Waals surface area contributed by atoms with Crippen LogP contribution in [0.3, 0.4) is 0 Å². The number of hydrogen-bond acceptors (Lipinski definition) is 4. The Labute approximate surface area is 147 Å². The molecule has 2 atom stereocenters. The van der Waals surface area contributed by atoms with Gasteiger partial charge in [0.25, 0.3) is 0 Å². The van der Waals surface area contributed by atoms with Gasteiger partial charge in [-0.05, 0) is 38.1 Å². The molecule has 0 N–H and O–H groups in total. The summed E-state index contributed by atoms with van der Waals surface area (Å²) < 4.78 is 13.7. The van der Waals surface area contributed by atoms with Crippen molar-refractivity contribution in [1.82, 2.24) is 9.47 Å². The summed E-state index contributed by atoms with van der Waals surface area (Å²) in [7, 11) is 5.93. The Hall–Kier alpha value is -2.01. The fourth-order valence-corrected chi connectivity index (χ4v) is 5.38. The fraction of sp³-hybridized carbons (Fsp3) is 0.550. The highest BCUT2D eigenvalue weighted by Gasteiger charge is 2.52. The number of benzene rings is 1. The molecule has 0 amide bonds. The number of hydrogen-bond donors (Lipinski definition) is 0. The van der Waals surface area contributed by atoms with Crippen LogP contribution in [0.5, 0.6) is 5.75 Å². The van der Waals surface area contributed by atoms with Crippen molar-refractivity contribution in [2.75, 3.05) is 14.2 Å². The van der Waals surface area contributed by atoms with Gasteiger partial charge in [0.15, 0.2) is 0 Å². The van der Waals surface area contributed by atoms with Gasteiger partial charge in [-0.1, -0.05) is 0 Å². The number of piperidine rings is 1. The SMILES string of the molecule is COc1ccc2c(c1)c1c(n2C)CC2(CC3CCC(C2)N3C)OC1=O. The van der Waals surface area contributed by atoms with Crippen molar-refractivity contribution in [3.63, 3.8) is 0 Å². The first kappa shape index (κ1) is 15.3. The van der Waals surface area contributed by atoms with Crippen molar-refractivity contribution in [2.45, 2.75) is 49.8 Å². The lowest BCUT2D eigenvalue weighted by molar-refractivity contribution is -0.0721. The molecule has 5 rings (SSSR count). The van der Waals surface area contributed by atoms with Crippen molar-refractivity contribution < 1.29 is 14.3 Å². The summed E-state index contributed by atoms with van der Waals surface area (Å²) in [5.74, 6) is 0.607. The molecule has 3 aliphatic rings. The average molecular weight is 340 g/mol. The third kappa shape index (κ3) is 2.02. The number of aromatic nitrogens is 1. The summed E-state index contributed by atoms with van der Waals surface area (Å²) >= 11 is 0. The van der Waals surface area contributed by atoms with Crippen molar-refractivity contribution in [2.24, 2.45) is 7.05 Å². The zero-order chi connectivity index (χ0) is 17.3. The number of ether oxygens (including phenoxy) is 2. The predicted octanol–water partition coefficient (Wildman–Crippen LogP) is 2.90. The molecule has 4 heterocycles. The summed E-state index contributed by atoms with van der Waals surface area (Å²) in [5.41, 5.74) is 2.58. The number of nitrogens with zero attached hydrogens (tertiary/aromatic N) is 2. The zero-order valence-corrected chi connectivity index (χ0v) is 15.0. The molecule has 2 fully saturated rings. The highest BCUT2D eigenvalue weighted by molar-refractivity contribution is 6.07. The van der Waals surface area contributed by atoms with Crippen LogP contribution in [0.15, 0.2) is 18.2 Å². The molecule has 2 unspecified atom stereocenters. The number of fused-ring (bicyclic) bond motifs is 5. The number of aryl methyl sites for hydroxylation is 1. The van der Waals surface area contributed by atoms with Crippen molar-refractivity contribution in [3.8, 4) is 5.75 Å². The van der Waals surface area contributed by atoms with Gasteiger partial charge in [-0.15, -0.1) is 0 Å². The predicted molar refractivity (Wildman–Crippen MR) is 95.1 cm³/mol. The standard InChI is InChI=1S/C20H24N2O3/c1-21-12-4-5-13(21)10-20(9-12)11-17-18(19(23)25-20)15-8-14(24-3)6-7-16(15)22(17)2/h6-8,12-13H,4-5,9-11H2,1-3H3. The van der Waals surface area contributed by atoms with E-state index < -0.39 is 0 Å². The van der Waals surface area contributed by atoms with Crippen LogP contribution in [0.2, 0.25) is 0 Å². The smallest absolute Gasteiger partial charge is 0.341 e. The lowest BCUT2D eigenvalue weighted by atomic mass is 9.80. The van der Waals surface area contributed by atoms with Gasteiger partial charge in [0.2, 0.25) is 0 Å². The maximum absolute atomic E-state index is 13.0. The quantitative estimate of drug-likeness (QED) is 0.749. The molecule has 5 heteroatoms. The highest BCUT2D eigenvalue weighted by atomic mass is 16.6. The van der Waals surface area contributed by atoms with Crippen LogP contribution in [0.25, 0.3) is 10.9 Å². The Bertz CT molecular complexity index is 871. The summed E-state index contributed by atoms with van der Waals surface area (Å²) in [6.45, 7) is 0. The van der Waals surface area contributed by atoms with E-state index in [1.165, 1.54) is 12.8 Å². The van der Waals surface area contributed by atoms with Crippen molar-refractivity contribution in [1.29, 1.82) is 0 Å². The van der Waals surface area contributed by atoms with Gasteiger partial charge in [0.05, 0.1) is 12.7 Å². The monoisotopic (exact) mass is 340 g/mol. The molecule has 2 aromatic rings. The minimum Gasteiger partial charge on any atom is -0.497 e. The third-order valence-corrected chi connectivity index (χ3v) is 6.73. The second kappa shape index (κ2) is 5.01. The van der Waals surface area contributed by atoms with Crippen molar-refractivity contribution in [3.05, 3.63) is 29.5 Å². The van der Waals surface area contributed by atoms with Crippen LogP contribution in [0.1, 0.15) is 41.7 Å². The molecule has 0 radical (unpaired) electrons. The van der Waals surface area contributed by atoms with Crippen LogP contribution in [-0.2, 0) is 18.2 Å². The molecule has 5 nitrogen and oxygen atoms in total. The van der Waals surface area contributed by atoms with E-state index in [1.54, 1.807) is 7.11 Å². The Balaban J connectivity index is 1.62. The first-order valence-corrected chi connectivity index (χ1v) is 9.12. The molecule has 3 aliphatic heterocycles. The maximum Gasteiger partial charge on any atom is 0.341 e. The van der Waals surface area contributed by atoms with Gasteiger partial charge in [-0.2, -0.15) is 0 Å². The van der Waals surface area contributed by atoms with E-state index in [0.29, 0.717) is 12.1 Å². The second-order valence-corrected chi connectivity index (χ2v) is 7.97. The van der Waals surface area contributed by atoms with Gasteiger partial charge < -0.3 is 18.9 Å². The van der Waals surface area contributed by atoms with Gasteiger partial charge >= 0.3 is 5.97 Å². The van der Waals surface area contributed by atoms with Crippen LogP contribution in [0, 0.1) is 0 Å². The normalized spacial score (nSPS) is 31.4.